The smallest absolute Gasteiger partial charge is 0.183 e. The normalized spacial score (nSPS) is 19.9. The second-order valence-electron chi connectivity index (χ2n) is 3.93. The maximum absolute atomic E-state index is 9.37. The van der Waals surface area contributed by atoms with E-state index in [1.54, 1.807) is 0 Å². The molecule has 0 heterocycles. The molecular formula is C10H17N3OS. The van der Waals surface area contributed by atoms with Gasteiger partial charge < -0.3 is 5.11 Å². The fraction of sp³-hybridized carbons (Fsp3) is 0.800. The van der Waals surface area contributed by atoms with E-state index in [0.717, 1.165) is 12.8 Å². The predicted octanol–water partition coefficient (Wildman–Crippen LogP) is 1.33. The highest BCUT2D eigenvalue weighted by molar-refractivity contribution is 8.13. The van der Waals surface area contributed by atoms with Crippen molar-refractivity contribution >= 4 is 16.9 Å². The zero-order chi connectivity index (χ0) is 11.1. The number of amidine groups is 1. The number of hydrogen-bond donors (Lipinski definition) is 2. The van der Waals surface area contributed by atoms with Crippen LogP contribution in [0.3, 0.4) is 0 Å². The first-order chi connectivity index (χ1) is 7.26. The molecule has 1 aliphatic rings. The van der Waals surface area contributed by atoms with Gasteiger partial charge in [0.05, 0.1) is 6.61 Å². The monoisotopic (exact) mass is 227 g/mol. The molecule has 15 heavy (non-hydrogen) atoms. The topological polar surface area (TPSA) is 68.4 Å². The molecule has 0 unspecified atom stereocenters. The van der Waals surface area contributed by atoms with Gasteiger partial charge in [-0.15, -0.1) is 0 Å². The Kier molecular flexibility index (Phi) is 4.92. The molecule has 1 fully saturated rings. The van der Waals surface area contributed by atoms with Gasteiger partial charge in [0.2, 0.25) is 0 Å². The number of aliphatic imine (C=N–C) groups is 1. The number of nitriles is 1. The zero-order valence-electron chi connectivity index (χ0n) is 8.99. The van der Waals surface area contributed by atoms with Crippen LogP contribution in [0.15, 0.2) is 4.99 Å². The summed E-state index contributed by atoms with van der Waals surface area (Å²) in [4.78, 5) is 4.34. The van der Waals surface area contributed by atoms with Crippen molar-refractivity contribution in [2.45, 2.75) is 25.7 Å². The van der Waals surface area contributed by atoms with Gasteiger partial charge in [0.25, 0.3) is 0 Å². The van der Waals surface area contributed by atoms with Crippen LogP contribution in [0.25, 0.3) is 0 Å². The second kappa shape index (κ2) is 5.99. The summed E-state index contributed by atoms with van der Waals surface area (Å²) in [5.74, 6) is 0. The van der Waals surface area contributed by atoms with E-state index in [9.17, 15) is 5.11 Å². The Morgan fingerprint density at radius 3 is 2.73 bits per heavy atom. The minimum Gasteiger partial charge on any atom is -0.396 e. The molecule has 0 aliphatic heterocycles. The van der Waals surface area contributed by atoms with E-state index < -0.39 is 0 Å². The third-order valence-electron chi connectivity index (χ3n) is 2.91. The van der Waals surface area contributed by atoms with Crippen LogP contribution >= 0.6 is 11.8 Å². The van der Waals surface area contributed by atoms with E-state index in [0.29, 0.717) is 11.7 Å². The van der Waals surface area contributed by atoms with Gasteiger partial charge in [-0.05, 0) is 19.1 Å². The molecule has 1 rings (SSSR count). The van der Waals surface area contributed by atoms with E-state index in [1.165, 1.54) is 24.6 Å². The van der Waals surface area contributed by atoms with Crippen LogP contribution < -0.4 is 5.32 Å². The lowest BCUT2D eigenvalue weighted by atomic mass is 9.87. The largest absolute Gasteiger partial charge is 0.396 e. The standard InChI is InChI=1S/C10H17N3OS/c1-15-9(13-8-11)12-6-10(7-14)4-2-3-5-10/h14H,2-7H2,1H3,(H,12,13). The zero-order valence-corrected chi connectivity index (χ0v) is 9.81. The quantitative estimate of drug-likeness (QED) is 0.330. The highest BCUT2D eigenvalue weighted by atomic mass is 32.2. The SMILES string of the molecule is CSC(=NCC1(CO)CCCC1)NC#N. The number of thioether (sulfide) groups is 1. The molecule has 0 bridgehead atoms. The van der Waals surface area contributed by atoms with Crippen molar-refractivity contribution in [1.82, 2.24) is 5.32 Å². The number of aliphatic hydroxyl groups excluding tert-OH is 1. The summed E-state index contributed by atoms with van der Waals surface area (Å²) < 4.78 is 0. The van der Waals surface area contributed by atoms with Crippen molar-refractivity contribution in [3.63, 3.8) is 0 Å². The van der Waals surface area contributed by atoms with Crippen LogP contribution in [0.4, 0.5) is 0 Å². The molecule has 0 radical (unpaired) electrons. The average Bonchev–Trinajstić information content (AvgIpc) is 2.73. The highest BCUT2D eigenvalue weighted by Crippen LogP contribution is 2.37. The van der Waals surface area contributed by atoms with Crippen LogP contribution in [0.1, 0.15) is 25.7 Å². The molecule has 0 spiro atoms. The Morgan fingerprint density at radius 1 is 1.60 bits per heavy atom. The number of aliphatic hydroxyl groups is 1. The minimum absolute atomic E-state index is 0.0296. The number of rotatable bonds is 3. The van der Waals surface area contributed by atoms with E-state index in [1.807, 2.05) is 12.4 Å². The third kappa shape index (κ3) is 3.40. The van der Waals surface area contributed by atoms with Gasteiger partial charge in [0.1, 0.15) is 0 Å². The van der Waals surface area contributed by atoms with Gasteiger partial charge >= 0.3 is 0 Å². The van der Waals surface area contributed by atoms with E-state index in [2.05, 4.69) is 10.3 Å². The minimum atomic E-state index is -0.0296. The van der Waals surface area contributed by atoms with Crippen molar-refractivity contribution < 1.29 is 5.11 Å². The van der Waals surface area contributed by atoms with Crippen LogP contribution in [0, 0.1) is 16.9 Å². The van der Waals surface area contributed by atoms with Crippen molar-refractivity contribution in [3.8, 4) is 6.19 Å². The molecule has 4 nitrogen and oxygen atoms in total. The van der Waals surface area contributed by atoms with Gasteiger partial charge in [-0.2, -0.15) is 5.26 Å². The van der Waals surface area contributed by atoms with E-state index in [4.69, 9.17) is 5.26 Å². The molecule has 0 aromatic rings. The average molecular weight is 227 g/mol. The van der Waals surface area contributed by atoms with Crippen LogP contribution in [-0.4, -0.2) is 29.7 Å². The Hall–Kier alpha value is -0.730. The second-order valence-corrected chi connectivity index (χ2v) is 4.72. The molecule has 0 aromatic carbocycles. The van der Waals surface area contributed by atoms with Gasteiger partial charge in [-0.25, -0.2) is 0 Å². The molecule has 84 valence electrons. The maximum Gasteiger partial charge on any atom is 0.183 e. The summed E-state index contributed by atoms with van der Waals surface area (Å²) in [6.45, 7) is 0.819. The first-order valence-electron chi connectivity index (χ1n) is 5.11. The molecule has 1 aliphatic carbocycles. The Bertz CT molecular complexity index is 266. The molecular weight excluding hydrogens is 210 g/mol. The van der Waals surface area contributed by atoms with Crippen LogP contribution in [0.5, 0.6) is 0 Å². The molecule has 2 N–H and O–H groups in total. The predicted molar refractivity (Wildman–Crippen MR) is 62.6 cm³/mol. The van der Waals surface area contributed by atoms with Gasteiger partial charge in [0, 0.05) is 12.0 Å². The first-order valence-corrected chi connectivity index (χ1v) is 6.33. The summed E-state index contributed by atoms with van der Waals surface area (Å²) in [5, 5.41) is 21.0. The molecule has 0 atom stereocenters. The lowest BCUT2D eigenvalue weighted by Crippen LogP contribution is -2.27. The summed E-state index contributed by atoms with van der Waals surface area (Å²) >= 11 is 1.42. The first kappa shape index (κ1) is 12.3. The van der Waals surface area contributed by atoms with Gasteiger partial charge in [-0.1, -0.05) is 24.6 Å². The summed E-state index contributed by atoms with van der Waals surface area (Å²) in [6.07, 6.45) is 8.18. The lowest BCUT2D eigenvalue weighted by Gasteiger charge is -2.23. The number of hydrogen-bond acceptors (Lipinski definition) is 4. The Labute approximate surface area is 94.8 Å². The molecule has 0 amide bonds. The van der Waals surface area contributed by atoms with Crippen molar-refractivity contribution in [2.24, 2.45) is 10.4 Å². The molecule has 1 saturated carbocycles. The lowest BCUT2D eigenvalue weighted by molar-refractivity contribution is 0.139. The highest BCUT2D eigenvalue weighted by Gasteiger charge is 2.32. The van der Waals surface area contributed by atoms with Crippen molar-refractivity contribution in [1.29, 1.82) is 5.26 Å². The van der Waals surface area contributed by atoms with Crippen LogP contribution in [0.2, 0.25) is 0 Å². The molecule has 0 aromatic heterocycles. The Morgan fingerprint density at radius 2 is 2.27 bits per heavy atom. The summed E-state index contributed by atoms with van der Waals surface area (Å²) in [6, 6.07) is 0. The third-order valence-corrected chi connectivity index (χ3v) is 3.53. The maximum atomic E-state index is 9.37. The van der Waals surface area contributed by atoms with Gasteiger partial charge in [0.15, 0.2) is 11.4 Å². The summed E-state index contributed by atoms with van der Waals surface area (Å²) in [7, 11) is 0. The molecule has 5 heteroatoms. The van der Waals surface area contributed by atoms with E-state index in [-0.39, 0.29) is 12.0 Å². The summed E-state index contributed by atoms with van der Waals surface area (Å²) in [5.41, 5.74) is -0.0296. The molecule has 0 saturated heterocycles. The fourth-order valence-corrected chi connectivity index (χ4v) is 2.28. The van der Waals surface area contributed by atoms with E-state index >= 15 is 0 Å². The van der Waals surface area contributed by atoms with Crippen molar-refractivity contribution in [3.05, 3.63) is 0 Å². The van der Waals surface area contributed by atoms with Crippen LogP contribution in [-0.2, 0) is 0 Å². The number of nitrogens with zero attached hydrogens (tertiary/aromatic N) is 2. The Balaban J connectivity index is 2.55. The fourth-order valence-electron chi connectivity index (χ4n) is 1.93. The van der Waals surface area contributed by atoms with Crippen molar-refractivity contribution in [2.75, 3.05) is 19.4 Å². The van der Waals surface area contributed by atoms with Gasteiger partial charge in [-0.3, -0.25) is 10.3 Å². The number of nitrogens with one attached hydrogen (secondary N) is 1.